The van der Waals surface area contributed by atoms with E-state index in [0.29, 0.717) is 17.9 Å². The third-order valence-corrected chi connectivity index (χ3v) is 6.65. The number of nitrogens with zero attached hydrogens (tertiary/aromatic N) is 1. The Bertz CT molecular complexity index is 1170. The Morgan fingerprint density at radius 3 is 2.59 bits per heavy atom. The fourth-order valence-electron chi connectivity index (χ4n) is 2.87. The van der Waals surface area contributed by atoms with Gasteiger partial charge in [-0.15, -0.1) is 11.3 Å². The molecule has 0 aliphatic heterocycles. The van der Waals surface area contributed by atoms with Crippen molar-refractivity contribution in [2.45, 2.75) is 24.9 Å². The first kappa shape index (κ1) is 23.4. The molecule has 0 aliphatic carbocycles. The van der Waals surface area contributed by atoms with Crippen molar-refractivity contribution in [2.24, 2.45) is 0 Å². The van der Waals surface area contributed by atoms with Gasteiger partial charge in [0.05, 0.1) is 26.5 Å². The summed E-state index contributed by atoms with van der Waals surface area (Å²) in [6.45, 7) is 2.46. The molecule has 0 spiro atoms. The minimum atomic E-state index is -4.32. The zero-order chi connectivity index (χ0) is 23.1. The summed E-state index contributed by atoms with van der Waals surface area (Å²) in [5.74, 6) is -0.150. The highest BCUT2D eigenvalue weighted by atomic mass is 32.2. The van der Waals surface area contributed by atoms with Gasteiger partial charge in [-0.05, 0) is 36.6 Å². The van der Waals surface area contributed by atoms with Gasteiger partial charge in [0, 0.05) is 12.1 Å². The molecular formula is C21H22N2O7S2. The lowest BCUT2D eigenvalue weighted by Gasteiger charge is -2.23. The number of furan rings is 1. The van der Waals surface area contributed by atoms with Crippen LogP contribution >= 0.6 is 11.3 Å². The molecule has 0 saturated carbocycles. The van der Waals surface area contributed by atoms with Gasteiger partial charge in [0.25, 0.3) is 0 Å². The first-order valence-electron chi connectivity index (χ1n) is 9.59. The summed E-state index contributed by atoms with van der Waals surface area (Å²) in [6, 6.07) is 10.9. The molecule has 3 aromatic rings. The predicted octanol–water partition coefficient (Wildman–Crippen LogP) is 3.63. The van der Waals surface area contributed by atoms with Gasteiger partial charge in [-0.3, -0.25) is 0 Å². The van der Waals surface area contributed by atoms with Crippen LogP contribution in [0.25, 0.3) is 0 Å². The van der Waals surface area contributed by atoms with Crippen molar-refractivity contribution in [2.75, 3.05) is 13.7 Å². The number of hydrogen-bond donors (Lipinski definition) is 1. The number of methoxy groups -OCH3 is 1. The number of urea groups is 1. The number of ether oxygens (including phenoxy) is 1. The van der Waals surface area contributed by atoms with Gasteiger partial charge in [-0.1, -0.05) is 18.2 Å². The van der Waals surface area contributed by atoms with Crippen molar-refractivity contribution in [1.82, 2.24) is 10.2 Å². The number of rotatable bonds is 9. The summed E-state index contributed by atoms with van der Waals surface area (Å²) in [7, 11) is -3.15. The van der Waals surface area contributed by atoms with Crippen molar-refractivity contribution >= 4 is 33.5 Å². The predicted molar refractivity (Wildman–Crippen MR) is 117 cm³/mol. The molecule has 0 bridgehead atoms. The zero-order valence-electron chi connectivity index (χ0n) is 17.4. The molecule has 1 N–H and O–H groups in total. The number of thiophene rings is 1. The Morgan fingerprint density at radius 1 is 1.12 bits per heavy atom. The molecule has 2 amide bonds. The third kappa shape index (κ3) is 5.48. The summed E-state index contributed by atoms with van der Waals surface area (Å²) >= 11 is 0.941. The summed E-state index contributed by atoms with van der Waals surface area (Å²) in [4.78, 5) is 25.6. The van der Waals surface area contributed by atoms with E-state index in [2.05, 4.69) is 10.1 Å². The highest BCUT2D eigenvalue weighted by molar-refractivity contribution is 7.87. The molecule has 0 saturated heterocycles. The molecule has 2 aromatic heterocycles. The molecule has 0 aliphatic rings. The molecule has 0 radical (unpaired) electrons. The number of benzene rings is 1. The van der Waals surface area contributed by atoms with Crippen LogP contribution in [-0.4, -0.2) is 39.0 Å². The lowest BCUT2D eigenvalue weighted by molar-refractivity contribution is 0.0602. The lowest BCUT2D eigenvalue weighted by atomic mass is 10.2. The van der Waals surface area contributed by atoms with Gasteiger partial charge < -0.3 is 23.6 Å². The second-order valence-electron chi connectivity index (χ2n) is 6.52. The Morgan fingerprint density at radius 2 is 1.91 bits per heavy atom. The summed E-state index contributed by atoms with van der Waals surface area (Å²) in [6.07, 6.45) is 1.51. The van der Waals surface area contributed by atoms with Crippen molar-refractivity contribution in [1.29, 1.82) is 0 Å². The second-order valence-corrected chi connectivity index (χ2v) is 8.95. The molecule has 2 heterocycles. The molecule has 3 rings (SSSR count). The number of carbonyl (C=O) groups is 2. The molecule has 170 valence electrons. The molecule has 9 nitrogen and oxygen atoms in total. The highest BCUT2D eigenvalue weighted by Crippen LogP contribution is 2.29. The minimum absolute atomic E-state index is 0.0447. The van der Waals surface area contributed by atoms with Gasteiger partial charge in [0.1, 0.15) is 21.3 Å². The number of para-hydroxylation sites is 1. The molecule has 0 fully saturated rings. The molecule has 11 heteroatoms. The van der Waals surface area contributed by atoms with Crippen LogP contribution in [-0.2, 0) is 27.9 Å². The highest BCUT2D eigenvalue weighted by Gasteiger charge is 2.28. The number of esters is 1. The summed E-state index contributed by atoms with van der Waals surface area (Å²) in [5, 5.41) is 4.20. The van der Waals surface area contributed by atoms with Crippen LogP contribution < -0.4 is 9.50 Å². The summed E-state index contributed by atoms with van der Waals surface area (Å²) < 4.78 is 41.2. The van der Waals surface area contributed by atoms with Crippen molar-refractivity contribution in [3.05, 3.63) is 70.3 Å². The van der Waals surface area contributed by atoms with Crippen molar-refractivity contribution in [3.8, 4) is 5.75 Å². The first-order valence-corrected chi connectivity index (χ1v) is 11.9. The molecule has 0 unspecified atom stereocenters. The quantitative estimate of drug-likeness (QED) is 0.369. The monoisotopic (exact) mass is 478 g/mol. The van der Waals surface area contributed by atoms with E-state index in [1.165, 1.54) is 35.8 Å². The molecular weight excluding hydrogens is 456 g/mol. The fourth-order valence-corrected chi connectivity index (χ4v) is 5.15. The molecule has 1 aromatic carbocycles. The topological polar surface area (TPSA) is 115 Å². The lowest BCUT2D eigenvalue weighted by Crippen LogP contribution is -2.39. The first-order chi connectivity index (χ1) is 15.4. The van der Waals surface area contributed by atoms with E-state index < -0.39 is 16.1 Å². The normalized spacial score (nSPS) is 11.1. The Balaban J connectivity index is 1.88. The van der Waals surface area contributed by atoms with Crippen LogP contribution in [0, 0.1) is 0 Å². The second kappa shape index (κ2) is 10.3. The molecule has 32 heavy (non-hydrogen) atoms. The number of nitrogens with one attached hydrogen (secondary N) is 1. The van der Waals surface area contributed by atoms with E-state index in [1.54, 1.807) is 37.3 Å². The van der Waals surface area contributed by atoms with Gasteiger partial charge >= 0.3 is 22.1 Å². The third-order valence-electron chi connectivity index (χ3n) is 4.34. The summed E-state index contributed by atoms with van der Waals surface area (Å²) in [5.41, 5.74) is 0.462. The maximum Gasteiger partial charge on any atom is 0.349 e. The van der Waals surface area contributed by atoms with E-state index >= 15 is 0 Å². The maximum atomic E-state index is 12.9. The van der Waals surface area contributed by atoms with Gasteiger partial charge in [-0.2, -0.15) is 8.42 Å². The van der Waals surface area contributed by atoms with E-state index in [1.807, 2.05) is 0 Å². The van der Waals surface area contributed by atoms with Crippen LogP contribution in [0.1, 0.15) is 27.9 Å². The number of amides is 2. The zero-order valence-corrected chi connectivity index (χ0v) is 19.1. The van der Waals surface area contributed by atoms with Gasteiger partial charge in [-0.25, -0.2) is 9.59 Å². The SMILES string of the molecule is CCNC(=O)N(Cc1ccco1)Cc1ccccc1OS(=O)(=O)c1ccsc1C(=O)OC. The standard InChI is InChI=1S/C21H22N2O7S2/c1-3-22-21(25)23(14-16-8-6-11-29-16)13-15-7-4-5-9-17(15)30-32(26,27)18-10-12-31-19(18)20(24)28-2/h4-12H,3,13-14H2,1-2H3,(H,22,25). The largest absolute Gasteiger partial charge is 0.467 e. The fraction of sp³-hybridized carbons (Fsp3) is 0.238. The van der Waals surface area contributed by atoms with Crippen LogP contribution in [0.3, 0.4) is 0 Å². The smallest absolute Gasteiger partial charge is 0.349 e. The van der Waals surface area contributed by atoms with E-state index in [-0.39, 0.29) is 34.6 Å². The van der Waals surface area contributed by atoms with Crippen LogP contribution in [0.15, 0.2) is 63.4 Å². The van der Waals surface area contributed by atoms with E-state index in [0.717, 1.165) is 11.3 Å². The Labute approximate surface area is 189 Å². The number of hydrogen-bond acceptors (Lipinski definition) is 8. The van der Waals surface area contributed by atoms with Crippen LogP contribution in [0.4, 0.5) is 4.79 Å². The Hall–Kier alpha value is -3.31. The Kier molecular flexibility index (Phi) is 7.54. The van der Waals surface area contributed by atoms with Gasteiger partial charge in [0.15, 0.2) is 0 Å². The van der Waals surface area contributed by atoms with Crippen LogP contribution in [0.2, 0.25) is 0 Å². The maximum absolute atomic E-state index is 12.9. The molecule has 0 atom stereocenters. The van der Waals surface area contributed by atoms with E-state index in [9.17, 15) is 18.0 Å². The van der Waals surface area contributed by atoms with Gasteiger partial charge in [0.2, 0.25) is 0 Å². The average Bonchev–Trinajstić information content (AvgIpc) is 3.46. The van der Waals surface area contributed by atoms with Crippen LogP contribution in [0.5, 0.6) is 5.75 Å². The van der Waals surface area contributed by atoms with E-state index in [4.69, 9.17) is 8.60 Å². The minimum Gasteiger partial charge on any atom is -0.467 e. The number of carbonyl (C=O) groups excluding carboxylic acids is 2. The van der Waals surface area contributed by atoms with Crippen molar-refractivity contribution in [3.63, 3.8) is 0 Å². The van der Waals surface area contributed by atoms with Crippen molar-refractivity contribution < 1.29 is 31.3 Å². The average molecular weight is 479 g/mol.